The second-order valence-electron chi connectivity index (χ2n) is 8.51. The van der Waals surface area contributed by atoms with Crippen molar-refractivity contribution in [3.8, 4) is 22.5 Å². The minimum atomic E-state index is -0.370. The lowest BCUT2D eigenvalue weighted by atomic mass is 9.99. The summed E-state index contributed by atoms with van der Waals surface area (Å²) in [7, 11) is 1.55. The first-order chi connectivity index (χ1) is 17.4. The highest BCUT2D eigenvalue weighted by Gasteiger charge is 2.22. The number of aryl methyl sites for hydroxylation is 1. The molecule has 0 aliphatic heterocycles. The first-order valence-electron chi connectivity index (χ1n) is 11.5. The SMILES string of the molecule is CNC(=O)c1c(-c2ccc(F)cc2)oc2ccc(-c3cccc(C(=O)Nc4cccc(C)c4)c3)cc12. The number of anilines is 1. The second-order valence-corrected chi connectivity index (χ2v) is 8.51. The molecule has 6 heteroatoms. The van der Waals surface area contributed by atoms with Crippen LogP contribution in [0.2, 0.25) is 0 Å². The standard InChI is InChI=1S/C30H23FN2O3/c1-18-5-3-8-24(15-18)33-29(34)22-7-4-6-20(16-22)21-11-14-26-25(17-21)27(30(35)32-2)28(36-26)19-9-12-23(31)13-10-19/h3-17H,1-2H3,(H,32,35)(H,33,34). The van der Waals surface area contributed by atoms with Crippen molar-refractivity contribution >= 4 is 28.5 Å². The number of fused-ring (bicyclic) bond motifs is 1. The molecule has 0 radical (unpaired) electrons. The Kier molecular flexibility index (Phi) is 6.09. The van der Waals surface area contributed by atoms with Crippen LogP contribution in [0.4, 0.5) is 10.1 Å². The van der Waals surface area contributed by atoms with Gasteiger partial charge in [-0.15, -0.1) is 0 Å². The Morgan fingerprint density at radius 3 is 2.25 bits per heavy atom. The summed E-state index contributed by atoms with van der Waals surface area (Å²) in [6, 6.07) is 26.3. The molecular formula is C30H23FN2O3. The van der Waals surface area contributed by atoms with Crippen molar-refractivity contribution in [2.75, 3.05) is 12.4 Å². The summed E-state index contributed by atoms with van der Waals surface area (Å²) < 4.78 is 19.5. The van der Waals surface area contributed by atoms with E-state index in [0.717, 1.165) is 22.4 Å². The highest BCUT2D eigenvalue weighted by molar-refractivity contribution is 6.12. The van der Waals surface area contributed by atoms with Crippen LogP contribution in [-0.4, -0.2) is 18.9 Å². The van der Waals surface area contributed by atoms with E-state index in [2.05, 4.69) is 10.6 Å². The molecule has 178 valence electrons. The summed E-state index contributed by atoms with van der Waals surface area (Å²) in [4.78, 5) is 25.7. The van der Waals surface area contributed by atoms with Crippen LogP contribution in [0.5, 0.6) is 0 Å². The molecule has 0 bridgehead atoms. The van der Waals surface area contributed by atoms with Crippen molar-refractivity contribution in [2.24, 2.45) is 0 Å². The maximum atomic E-state index is 13.5. The van der Waals surface area contributed by atoms with Gasteiger partial charge in [0.25, 0.3) is 11.8 Å². The molecular weight excluding hydrogens is 455 g/mol. The monoisotopic (exact) mass is 478 g/mol. The fourth-order valence-corrected chi connectivity index (χ4v) is 4.20. The Hall–Kier alpha value is -4.71. The number of furan rings is 1. The largest absolute Gasteiger partial charge is 0.455 e. The van der Waals surface area contributed by atoms with Crippen LogP contribution < -0.4 is 10.6 Å². The first-order valence-corrected chi connectivity index (χ1v) is 11.5. The molecule has 2 N–H and O–H groups in total. The molecule has 0 aliphatic rings. The van der Waals surface area contributed by atoms with Gasteiger partial charge in [0, 0.05) is 29.2 Å². The lowest BCUT2D eigenvalue weighted by Gasteiger charge is -2.08. The zero-order valence-electron chi connectivity index (χ0n) is 19.8. The number of carbonyl (C=O) groups is 2. The Balaban J connectivity index is 1.54. The van der Waals surface area contributed by atoms with Crippen LogP contribution >= 0.6 is 0 Å². The van der Waals surface area contributed by atoms with E-state index < -0.39 is 0 Å². The van der Waals surface area contributed by atoms with Gasteiger partial charge in [0.15, 0.2) is 0 Å². The van der Waals surface area contributed by atoms with E-state index in [0.29, 0.717) is 33.4 Å². The van der Waals surface area contributed by atoms with E-state index in [4.69, 9.17) is 4.42 Å². The van der Waals surface area contributed by atoms with Gasteiger partial charge in [-0.1, -0.05) is 30.3 Å². The first kappa shape index (κ1) is 23.1. The van der Waals surface area contributed by atoms with Gasteiger partial charge in [0.05, 0.1) is 5.56 Å². The summed E-state index contributed by atoms with van der Waals surface area (Å²) in [5.41, 5.74) is 5.45. The number of hydrogen-bond acceptors (Lipinski definition) is 3. The lowest BCUT2D eigenvalue weighted by Crippen LogP contribution is -2.18. The zero-order valence-corrected chi connectivity index (χ0v) is 19.8. The molecule has 0 spiro atoms. The van der Waals surface area contributed by atoms with Crippen molar-refractivity contribution in [1.82, 2.24) is 5.32 Å². The number of hydrogen-bond donors (Lipinski definition) is 2. The lowest BCUT2D eigenvalue weighted by molar-refractivity contribution is 0.0963. The third-order valence-electron chi connectivity index (χ3n) is 5.98. The van der Waals surface area contributed by atoms with Gasteiger partial charge in [-0.25, -0.2) is 4.39 Å². The molecule has 1 heterocycles. The topological polar surface area (TPSA) is 71.3 Å². The van der Waals surface area contributed by atoms with Crippen LogP contribution in [-0.2, 0) is 0 Å². The van der Waals surface area contributed by atoms with Crippen LogP contribution in [0, 0.1) is 12.7 Å². The van der Waals surface area contributed by atoms with Gasteiger partial charge in [0.1, 0.15) is 17.2 Å². The molecule has 5 aromatic rings. The van der Waals surface area contributed by atoms with E-state index in [1.807, 2.05) is 61.5 Å². The zero-order chi connectivity index (χ0) is 25.2. The molecule has 0 atom stereocenters. The summed E-state index contributed by atoms with van der Waals surface area (Å²) in [6.45, 7) is 1.97. The predicted molar refractivity (Wildman–Crippen MR) is 140 cm³/mol. The van der Waals surface area contributed by atoms with E-state index >= 15 is 0 Å². The van der Waals surface area contributed by atoms with E-state index in [-0.39, 0.29) is 17.6 Å². The van der Waals surface area contributed by atoms with Crippen LogP contribution in [0.25, 0.3) is 33.4 Å². The van der Waals surface area contributed by atoms with Gasteiger partial charge >= 0.3 is 0 Å². The average molecular weight is 479 g/mol. The Labute approximate surface area is 207 Å². The maximum absolute atomic E-state index is 13.5. The molecule has 4 aromatic carbocycles. The van der Waals surface area contributed by atoms with Crippen molar-refractivity contribution in [3.05, 3.63) is 114 Å². The van der Waals surface area contributed by atoms with Crippen molar-refractivity contribution in [3.63, 3.8) is 0 Å². The van der Waals surface area contributed by atoms with Crippen molar-refractivity contribution in [2.45, 2.75) is 6.92 Å². The summed E-state index contributed by atoms with van der Waals surface area (Å²) in [5.74, 6) is -0.522. The van der Waals surface area contributed by atoms with Crippen LogP contribution in [0.3, 0.4) is 0 Å². The van der Waals surface area contributed by atoms with Crippen LogP contribution in [0.1, 0.15) is 26.3 Å². The van der Waals surface area contributed by atoms with Crippen LogP contribution in [0.15, 0.2) is 95.4 Å². The average Bonchev–Trinajstić information content (AvgIpc) is 3.27. The van der Waals surface area contributed by atoms with E-state index in [1.165, 1.54) is 12.1 Å². The number of nitrogens with one attached hydrogen (secondary N) is 2. The number of rotatable bonds is 5. The number of benzene rings is 4. The minimum absolute atomic E-state index is 0.212. The highest BCUT2D eigenvalue weighted by Crippen LogP contribution is 2.36. The van der Waals surface area contributed by atoms with Crippen molar-refractivity contribution < 1.29 is 18.4 Å². The summed E-state index contributed by atoms with van der Waals surface area (Å²) in [6.07, 6.45) is 0. The van der Waals surface area contributed by atoms with Gasteiger partial charge in [-0.2, -0.15) is 0 Å². The molecule has 36 heavy (non-hydrogen) atoms. The number of amides is 2. The Morgan fingerprint density at radius 2 is 1.50 bits per heavy atom. The molecule has 5 nitrogen and oxygen atoms in total. The van der Waals surface area contributed by atoms with Gasteiger partial charge in [-0.3, -0.25) is 9.59 Å². The molecule has 5 rings (SSSR count). The molecule has 0 saturated carbocycles. The third-order valence-corrected chi connectivity index (χ3v) is 5.98. The summed E-state index contributed by atoms with van der Waals surface area (Å²) in [5, 5.41) is 6.22. The second kappa shape index (κ2) is 9.50. The maximum Gasteiger partial charge on any atom is 0.255 e. The molecule has 1 aromatic heterocycles. The Morgan fingerprint density at radius 1 is 0.778 bits per heavy atom. The highest BCUT2D eigenvalue weighted by atomic mass is 19.1. The van der Waals surface area contributed by atoms with E-state index in [9.17, 15) is 14.0 Å². The molecule has 0 fully saturated rings. The van der Waals surface area contributed by atoms with Gasteiger partial charge in [-0.05, 0) is 84.3 Å². The normalized spacial score (nSPS) is 10.9. The van der Waals surface area contributed by atoms with Gasteiger partial charge < -0.3 is 15.1 Å². The fourth-order valence-electron chi connectivity index (χ4n) is 4.20. The quantitative estimate of drug-likeness (QED) is 0.291. The molecule has 2 amide bonds. The fraction of sp³-hybridized carbons (Fsp3) is 0.0667. The summed E-state index contributed by atoms with van der Waals surface area (Å²) >= 11 is 0. The Bertz CT molecular complexity index is 1600. The predicted octanol–water partition coefficient (Wildman–Crippen LogP) is 6.83. The van der Waals surface area contributed by atoms with E-state index in [1.54, 1.807) is 31.3 Å². The molecule has 0 aliphatic carbocycles. The molecule has 0 unspecified atom stereocenters. The molecule has 0 saturated heterocycles. The smallest absolute Gasteiger partial charge is 0.255 e. The number of halogens is 1. The minimum Gasteiger partial charge on any atom is -0.455 e. The van der Waals surface area contributed by atoms with Gasteiger partial charge in [0.2, 0.25) is 0 Å². The number of carbonyl (C=O) groups excluding carboxylic acids is 2. The van der Waals surface area contributed by atoms with Crippen molar-refractivity contribution in [1.29, 1.82) is 0 Å². The third kappa shape index (κ3) is 4.49.